The SMILES string of the molecule is Cc1oc(C(=O)NCC2(C(=O)O)CCCCC2)cc1S(=O)(=O)N1CCCC1. The molecule has 0 aromatic carbocycles. The number of carbonyl (C=O) groups is 2. The number of aryl methyl sites for hydroxylation is 1. The van der Waals surface area contributed by atoms with E-state index in [1.165, 1.54) is 17.3 Å². The summed E-state index contributed by atoms with van der Waals surface area (Å²) >= 11 is 0. The second-order valence-corrected chi connectivity index (χ2v) is 9.38. The van der Waals surface area contributed by atoms with Gasteiger partial charge in [0.15, 0.2) is 5.76 Å². The predicted molar refractivity (Wildman–Crippen MR) is 96.9 cm³/mol. The molecule has 2 fully saturated rings. The Morgan fingerprint density at radius 2 is 1.81 bits per heavy atom. The van der Waals surface area contributed by atoms with Crippen LogP contribution in [-0.4, -0.2) is 49.3 Å². The molecule has 1 aromatic heterocycles. The van der Waals surface area contributed by atoms with E-state index in [9.17, 15) is 23.1 Å². The fourth-order valence-corrected chi connectivity index (χ4v) is 5.61. The number of carbonyl (C=O) groups excluding carboxylic acids is 1. The summed E-state index contributed by atoms with van der Waals surface area (Å²) in [6.45, 7) is 2.46. The fraction of sp³-hybridized carbons (Fsp3) is 0.667. The van der Waals surface area contributed by atoms with E-state index < -0.39 is 27.3 Å². The number of hydrogen-bond donors (Lipinski definition) is 2. The molecule has 150 valence electrons. The molecule has 1 saturated carbocycles. The van der Waals surface area contributed by atoms with Crippen LogP contribution in [-0.2, 0) is 14.8 Å². The molecule has 8 nitrogen and oxygen atoms in total. The number of nitrogens with one attached hydrogen (secondary N) is 1. The van der Waals surface area contributed by atoms with Crippen molar-refractivity contribution in [2.45, 2.75) is 56.8 Å². The molecule has 3 rings (SSSR count). The van der Waals surface area contributed by atoms with E-state index in [2.05, 4.69) is 5.32 Å². The number of sulfonamides is 1. The monoisotopic (exact) mass is 398 g/mol. The number of furan rings is 1. The number of amides is 1. The lowest BCUT2D eigenvalue weighted by Crippen LogP contribution is -2.44. The van der Waals surface area contributed by atoms with E-state index in [1.54, 1.807) is 0 Å². The summed E-state index contributed by atoms with van der Waals surface area (Å²) in [5.41, 5.74) is -0.958. The molecule has 2 heterocycles. The highest BCUT2D eigenvalue weighted by atomic mass is 32.2. The number of carboxylic acids is 1. The summed E-state index contributed by atoms with van der Waals surface area (Å²) in [6.07, 6.45) is 5.32. The second kappa shape index (κ2) is 7.63. The predicted octanol–water partition coefficient (Wildman–Crippen LogP) is 2.14. The first kappa shape index (κ1) is 19.9. The molecule has 2 aliphatic rings. The van der Waals surface area contributed by atoms with Crippen LogP contribution in [0.15, 0.2) is 15.4 Å². The van der Waals surface area contributed by atoms with Crippen molar-refractivity contribution in [2.75, 3.05) is 19.6 Å². The molecule has 1 saturated heterocycles. The van der Waals surface area contributed by atoms with Gasteiger partial charge in [-0.1, -0.05) is 19.3 Å². The summed E-state index contributed by atoms with van der Waals surface area (Å²) in [7, 11) is -3.68. The van der Waals surface area contributed by atoms with Crippen LogP contribution >= 0.6 is 0 Å². The molecule has 1 amide bonds. The smallest absolute Gasteiger partial charge is 0.311 e. The van der Waals surface area contributed by atoms with Gasteiger partial charge in [-0.3, -0.25) is 9.59 Å². The minimum Gasteiger partial charge on any atom is -0.481 e. The van der Waals surface area contributed by atoms with Crippen molar-refractivity contribution < 1.29 is 27.5 Å². The molecule has 1 aromatic rings. The van der Waals surface area contributed by atoms with Crippen molar-refractivity contribution in [1.29, 1.82) is 0 Å². The molecule has 27 heavy (non-hydrogen) atoms. The lowest BCUT2D eigenvalue weighted by atomic mass is 9.74. The molecule has 2 N–H and O–H groups in total. The van der Waals surface area contributed by atoms with Gasteiger partial charge < -0.3 is 14.8 Å². The lowest BCUT2D eigenvalue weighted by Gasteiger charge is -2.33. The normalized spacial score (nSPS) is 20.5. The highest BCUT2D eigenvalue weighted by molar-refractivity contribution is 7.89. The Labute approximate surface area is 159 Å². The van der Waals surface area contributed by atoms with Crippen LogP contribution in [0.25, 0.3) is 0 Å². The fourth-order valence-electron chi connectivity index (χ4n) is 3.93. The highest BCUT2D eigenvalue weighted by Gasteiger charge is 2.40. The Morgan fingerprint density at radius 1 is 1.19 bits per heavy atom. The van der Waals surface area contributed by atoms with E-state index in [0.29, 0.717) is 25.9 Å². The number of nitrogens with zero attached hydrogens (tertiary/aromatic N) is 1. The van der Waals surface area contributed by atoms with Crippen molar-refractivity contribution >= 4 is 21.9 Å². The van der Waals surface area contributed by atoms with E-state index in [-0.39, 0.29) is 23.0 Å². The summed E-state index contributed by atoms with van der Waals surface area (Å²) < 4.78 is 32.2. The minimum absolute atomic E-state index is 0.000152. The average Bonchev–Trinajstić information content (AvgIpc) is 3.30. The molecular weight excluding hydrogens is 372 g/mol. The van der Waals surface area contributed by atoms with Crippen LogP contribution in [0, 0.1) is 12.3 Å². The van der Waals surface area contributed by atoms with Gasteiger partial charge in [-0.2, -0.15) is 4.31 Å². The van der Waals surface area contributed by atoms with E-state index >= 15 is 0 Å². The standard InChI is InChI=1S/C18H26N2O6S/c1-13-15(27(24,25)20-9-5-6-10-20)11-14(26-13)16(21)19-12-18(17(22)23)7-3-2-4-8-18/h11H,2-10,12H2,1H3,(H,19,21)(H,22,23). The quantitative estimate of drug-likeness (QED) is 0.758. The maximum atomic E-state index is 12.7. The highest BCUT2D eigenvalue weighted by Crippen LogP contribution is 2.36. The van der Waals surface area contributed by atoms with Gasteiger partial charge in [-0.15, -0.1) is 0 Å². The van der Waals surface area contributed by atoms with Gasteiger partial charge >= 0.3 is 5.97 Å². The number of hydrogen-bond acceptors (Lipinski definition) is 5. The zero-order valence-corrected chi connectivity index (χ0v) is 16.3. The Morgan fingerprint density at radius 3 is 2.41 bits per heavy atom. The summed E-state index contributed by atoms with van der Waals surface area (Å²) in [4.78, 5) is 24.2. The number of aliphatic carboxylic acids is 1. The van der Waals surface area contributed by atoms with Crippen molar-refractivity contribution in [3.8, 4) is 0 Å². The topological polar surface area (TPSA) is 117 Å². The van der Waals surface area contributed by atoms with Gasteiger partial charge in [0, 0.05) is 25.7 Å². The van der Waals surface area contributed by atoms with Crippen LogP contribution in [0.3, 0.4) is 0 Å². The van der Waals surface area contributed by atoms with Crippen molar-refractivity contribution in [2.24, 2.45) is 5.41 Å². The zero-order valence-electron chi connectivity index (χ0n) is 15.5. The van der Waals surface area contributed by atoms with Crippen LogP contribution in [0.1, 0.15) is 61.3 Å². The maximum absolute atomic E-state index is 12.7. The third-order valence-corrected chi connectivity index (χ3v) is 7.64. The van der Waals surface area contributed by atoms with Crippen LogP contribution in [0.4, 0.5) is 0 Å². The van der Waals surface area contributed by atoms with Gasteiger partial charge in [0.05, 0.1) is 5.41 Å². The van der Waals surface area contributed by atoms with Crippen molar-refractivity contribution in [1.82, 2.24) is 9.62 Å². The van der Waals surface area contributed by atoms with Gasteiger partial charge in [0.1, 0.15) is 10.7 Å². The first-order chi connectivity index (χ1) is 12.8. The molecule has 1 aliphatic carbocycles. The molecule has 0 radical (unpaired) electrons. The third-order valence-electron chi connectivity index (χ3n) is 5.63. The summed E-state index contributed by atoms with van der Waals surface area (Å²) in [6, 6.07) is 1.24. The van der Waals surface area contributed by atoms with E-state index in [4.69, 9.17) is 4.42 Å². The number of carboxylic acid groups (broad SMARTS) is 1. The first-order valence-corrected chi connectivity index (χ1v) is 10.8. The van der Waals surface area contributed by atoms with Crippen LogP contribution in [0.2, 0.25) is 0 Å². The summed E-state index contributed by atoms with van der Waals surface area (Å²) in [5, 5.41) is 12.2. The number of rotatable bonds is 6. The maximum Gasteiger partial charge on any atom is 0.311 e. The molecule has 0 bridgehead atoms. The van der Waals surface area contributed by atoms with Gasteiger partial charge in [0.2, 0.25) is 10.0 Å². The van der Waals surface area contributed by atoms with Crippen molar-refractivity contribution in [3.63, 3.8) is 0 Å². The zero-order chi connectivity index (χ0) is 19.7. The molecule has 0 unspecified atom stereocenters. The largest absolute Gasteiger partial charge is 0.481 e. The van der Waals surface area contributed by atoms with Gasteiger partial charge in [-0.05, 0) is 32.6 Å². The third kappa shape index (κ3) is 3.89. The molecule has 0 spiro atoms. The molecule has 1 aliphatic heterocycles. The Balaban J connectivity index is 1.73. The van der Waals surface area contributed by atoms with E-state index in [0.717, 1.165) is 32.1 Å². The lowest BCUT2D eigenvalue weighted by molar-refractivity contribution is -0.150. The van der Waals surface area contributed by atoms with Crippen LogP contribution < -0.4 is 5.32 Å². The minimum atomic E-state index is -3.68. The Bertz CT molecular complexity index is 817. The average molecular weight is 398 g/mol. The Kier molecular flexibility index (Phi) is 5.62. The van der Waals surface area contributed by atoms with Gasteiger partial charge in [0.25, 0.3) is 5.91 Å². The van der Waals surface area contributed by atoms with Gasteiger partial charge in [-0.25, -0.2) is 8.42 Å². The van der Waals surface area contributed by atoms with Crippen LogP contribution in [0.5, 0.6) is 0 Å². The second-order valence-electron chi connectivity index (χ2n) is 7.47. The molecule has 9 heteroatoms. The Hall–Kier alpha value is -1.87. The van der Waals surface area contributed by atoms with E-state index in [1.807, 2.05) is 0 Å². The molecular formula is C18H26N2O6S. The first-order valence-electron chi connectivity index (χ1n) is 9.38. The van der Waals surface area contributed by atoms with Crippen molar-refractivity contribution in [3.05, 3.63) is 17.6 Å². The summed E-state index contributed by atoms with van der Waals surface area (Å²) in [5.74, 6) is -1.44. The molecule has 0 atom stereocenters.